The van der Waals surface area contributed by atoms with E-state index in [1.807, 2.05) is 17.5 Å². The maximum atomic E-state index is 12.3. The van der Waals surface area contributed by atoms with Crippen molar-refractivity contribution in [3.63, 3.8) is 0 Å². The molecular weight excluding hydrogens is 384 g/mol. The van der Waals surface area contributed by atoms with Crippen molar-refractivity contribution in [2.24, 2.45) is 0 Å². The van der Waals surface area contributed by atoms with Gasteiger partial charge in [0.05, 0.1) is 12.1 Å². The molecule has 0 spiro atoms. The van der Waals surface area contributed by atoms with Crippen LogP contribution in [0.1, 0.15) is 16.8 Å². The molecule has 0 saturated carbocycles. The number of carbonyl (C=O) groups is 2. The highest BCUT2D eigenvalue weighted by Gasteiger charge is 2.24. The number of hydrogen-bond donors (Lipinski definition) is 2. The molecule has 1 aromatic heterocycles. The quantitative estimate of drug-likeness (QED) is 0.658. The highest BCUT2D eigenvalue weighted by molar-refractivity contribution is 7.14. The monoisotopic (exact) mass is 406 g/mol. The molecule has 0 bridgehead atoms. The zero-order valence-electron chi connectivity index (χ0n) is 16.1. The van der Waals surface area contributed by atoms with Crippen LogP contribution in [0.15, 0.2) is 53.9 Å². The fourth-order valence-corrected chi connectivity index (χ4v) is 4.07. The van der Waals surface area contributed by atoms with Crippen molar-refractivity contribution in [2.75, 3.05) is 18.0 Å². The van der Waals surface area contributed by atoms with Crippen molar-refractivity contribution in [1.82, 2.24) is 15.6 Å². The Labute approximate surface area is 173 Å². The molecular formula is C22H22N4O2S. The van der Waals surface area contributed by atoms with Crippen molar-refractivity contribution in [3.05, 3.63) is 70.7 Å². The van der Waals surface area contributed by atoms with Crippen molar-refractivity contribution < 1.29 is 9.59 Å². The molecule has 0 atom stereocenters. The molecule has 148 valence electrons. The summed E-state index contributed by atoms with van der Waals surface area (Å²) in [5.74, 6) is -0.0875. The molecule has 29 heavy (non-hydrogen) atoms. The first-order valence-electron chi connectivity index (χ1n) is 9.51. The lowest BCUT2D eigenvalue weighted by atomic mass is 10.0. The second kappa shape index (κ2) is 8.45. The lowest BCUT2D eigenvalue weighted by Crippen LogP contribution is -2.27. The van der Waals surface area contributed by atoms with E-state index in [9.17, 15) is 9.59 Å². The van der Waals surface area contributed by atoms with Crippen LogP contribution in [0.2, 0.25) is 0 Å². The lowest BCUT2D eigenvalue weighted by molar-refractivity contribution is -0.120. The maximum Gasteiger partial charge on any atom is 0.323 e. The zero-order valence-corrected chi connectivity index (χ0v) is 17.0. The number of aromatic nitrogens is 1. The van der Waals surface area contributed by atoms with E-state index < -0.39 is 0 Å². The lowest BCUT2D eigenvalue weighted by Gasteiger charge is -2.09. The van der Waals surface area contributed by atoms with Crippen LogP contribution in [0, 0.1) is 6.92 Å². The molecule has 3 amide bonds. The number of thiazole rings is 1. The van der Waals surface area contributed by atoms with E-state index >= 15 is 0 Å². The maximum absolute atomic E-state index is 12.3. The van der Waals surface area contributed by atoms with Gasteiger partial charge >= 0.3 is 6.03 Å². The molecule has 2 aromatic carbocycles. The summed E-state index contributed by atoms with van der Waals surface area (Å²) in [6.45, 7) is 3.78. The molecule has 1 aliphatic rings. The first-order valence-corrected chi connectivity index (χ1v) is 10.4. The SMILES string of the molecule is Cc1cccc(-c2ccc(CNC(=O)Cc3csc(N4CCNC4=O)n3)cc2)c1. The first kappa shape index (κ1) is 19.1. The number of hydrogen-bond acceptors (Lipinski definition) is 4. The largest absolute Gasteiger partial charge is 0.352 e. The van der Waals surface area contributed by atoms with Crippen LogP contribution in [-0.2, 0) is 17.8 Å². The smallest absolute Gasteiger partial charge is 0.323 e. The minimum absolute atomic E-state index is 0.0875. The van der Waals surface area contributed by atoms with Gasteiger partial charge in [-0.15, -0.1) is 11.3 Å². The molecule has 0 unspecified atom stereocenters. The number of nitrogens with zero attached hydrogens (tertiary/aromatic N) is 2. The van der Waals surface area contributed by atoms with E-state index in [0.29, 0.717) is 30.5 Å². The Morgan fingerprint density at radius 1 is 1.21 bits per heavy atom. The Kier molecular flexibility index (Phi) is 5.57. The Balaban J connectivity index is 1.31. The van der Waals surface area contributed by atoms with Crippen molar-refractivity contribution in [3.8, 4) is 11.1 Å². The molecule has 4 rings (SSSR count). The van der Waals surface area contributed by atoms with Crippen LogP contribution in [0.4, 0.5) is 9.93 Å². The highest BCUT2D eigenvalue weighted by Crippen LogP contribution is 2.23. The Hall–Kier alpha value is -3.19. The predicted octanol–water partition coefficient (Wildman–Crippen LogP) is 3.51. The van der Waals surface area contributed by atoms with Crippen molar-refractivity contribution >= 4 is 28.4 Å². The molecule has 7 heteroatoms. The van der Waals surface area contributed by atoms with E-state index in [-0.39, 0.29) is 18.4 Å². The molecule has 0 aliphatic carbocycles. The fourth-order valence-electron chi connectivity index (χ4n) is 3.22. The van der Waals surface area contributed by atoms with Crippen molar-refractivity contribution in [1.29, 1.82) is 0 Å². The topological polar surface area (TPSA) is 74.3 Å². The number of carbonyl (C=O) groups excluding carboxylic acids is 2. The second-order valence-corrected chi connectivity index (χ2v) is 7.86. The summed E-state index contributed by atoms with van der Waals surface area (Å²) >= 11 is 1.38. The standard InChI is InChI=1S/C22H22N4O2S/c1-15-3-2-4-18(11-15)17-7-5-16(6-8-17)13-24-20(27)12-19-14-29-22(25-19)26-10-9-23-21(26)28/h2-8,11,14H,9-10,12-13H2,1H3,(H,23,28)(H,24,27). The van der Waals surface area contributed by atoms with Gasteiger partial charge in [-0.25, -0.2) is 9.78 Å². The average molecular weight is 407 g/mol. The summed E-state index contributed by atoms with van der Waals surface area (Å²) < 4.78 is 0. The molecule has 3 aromatic rings. The van der Waals surface area contributed by atoms with Crippen LogP contribution in [0.3, 0.4) is 0 Å². The van der Waals surface area contributed by atoms with E-state index in [2.05, 4.69) is 58.9 Å². The van der Waals surface area contributed by atoms with Gasteiger partial charge in [-0.1, -0.05) is 54.1 Å². The van der Waals surface area contributed by atoms with Gasteiger partial charge in [-0.05, 0) is 23.6 Å². The highest BCUT2D eigenvalue weighted by atomic mass is 32.1. The van der Waals surface area contributed by atoms with Crippen molar-refractivity contribution in [2.45, 2.75) is 19.9 Å². The normalized spacial score (nSPS) is 13.4. The first-order chi connectivity index (χ1) is 14.1. The number of anilines is 1. The van der Waals surface area contributed by atoms with Gasteiger partial charge in [0, 0.05) is 25.0 Å². The summed E-state index contributed by atoms with van der Waals surface area (Å²) in [6.07, 6.45) is 0.202. The van der Waals surface area contributed by atoms with Gasteiger partial charge in [-0.3, -0.25) is 9.69 Å². The Bertz CT molecular complexity index is 1030. The minimum Gasteiger partial charge on any atom is -0.352 e. The van der Waals surface area contributed by atoms with Gasteiger partial charge in [0.25, 0.3) is 0 Å². The summed E-state index contributed by atoms with van der Waals surface area (Å²) in [6, 6.07) is 16.5. The van der Waals surface area contributed by atoms with Gasteiger partial charge < -0.3 is 10.6 Å². The van der Waals surface area contributed by atoms with Crippen LogP contribution >= 0.6 is 11.3 Å². The summed E-state index contributed by atoms with van der Waals surface area (Å²) in [4.78, 5) is 30.0. The van der Waals surface area contributed by atoms with Gasteiger partial charge in [-0.2, -0.15) is 0 Å². The number of aryl methyl sites for hydroxylation is 1. The third-order valence-corrected chi connectivity index (χ3v) is 5.68. The fraction of sp³-hybridized carbons (Fsp3) is 0.227. The summed E-state index contributed by atoms with van der Waals surface area (Å²) in [5, 5.41) is 8.15. The molecule has 2 N–H and O–H groups in total. The van der Waals surface area contributed by atoms with Crippen LogP contribution in [-0.4, -0.2) is 30.0 Å². The van der Waals surface area contributed by atoms with E-state index in [4.69, 9.17) is 0 Å². The zero-order chi connectivity index (χ0) is 20.2. The van der Waals surface area contributed by atoms with Crippen LogP contribution < -0.4 is 15.5 Å². The molecule has 2 heterocycles. The minimum atomic E-state index is -0.135. The number of urea groups is 1. The third-order valence-electron chi connectivity index (χ3n) is 4.76. The molecule has 6 nitrogen and oxygen atoms in total. The number of rotatable bonds is 6. The number of amides is 3. The summed E-state index contributed by atoms with van der Waals surface area (Å²) in [5.41, 5.74) is 5.30. The summed E-state index contributed by atoms with van der Waals surface area (Å²) in [7, 11) is 0. The number of benzene rings is 2. The van der Waals surface area contributed by atoms with E-state index in [0.717, 1.165) is 11.1 Å². The average Bonchev–Trinajstić information content (AvgIpc) is 3.35. The molecule has 1 aliphatic heterocycles. The molecule has 0 radical (unpaired) electrons. The van der Waals surface area contributed by atoms with Gasteiger partial charge in [0.1, 0.15) is 0 Å². The third kappa shape index (κ3) is 4.63. The van der Waals surface area contributed by atoms with Crippen LogP contribution in [0.25, 0.3) is 11.1 Å². The van der Waals surface area contributed by atoms with Crippen LogP contribution in [0.5, 0.6) is 0 Å². The molecule has 1 saturated heterocycles. The van der Waals surface area contributed by atoms with Gasteiger partial charge in [0.2, 0.25) is 5.91 Å². The Morgan fingerprint density at radius 2 is 2.03 bits per heavy atom. The van der Waals surface area contributed by atoms with E-state index in [1.54, 1.807) is 4.90 Å². The Morgan fingerprint density at radius 3 is 2.76 bits per heavy atom. The van der Waals surface area contributed by atoms with E-state index in [1.165, 1.54) is 22.5 Å². The predicted molar refractivity (Wildman–Crippen MR) is 115 cm³/mol. The second-order valence-electron chi connectivity index (χ2n) is 7.02. The number of nitrogens with one attached hydrogen (secondary N) is 2. The van der Waals surface area contributed by atoms with Gasteiger partial charge in [0.15, 0.2) is 5.13 Å². The molecule has 1 fully saturated rings.